The van der Waals surface area contributed by atoms with Crippen LogP contribution in [0.4, 0.5) is 11.4 Å². The number of thiophene rings is 1. The van der Waals surface area contributed by atoms with E-state index in [1.165, 1.54) is 26.4 Å². The van der Waals surface area contributed by atoms with Crippen LogP contribution in [0.2, 0.25) is 13.1 Å². The number of pyridine rings is 1. The minimum Gasteiger partial charge on any atom is -0.379 e. The normalized spacial score (nSPS) is 12.2. The first kappa shape index (κ1) is 36.8. The molecule has 7 heteroatoms. The van der Waals surface area contributed by atoms with E-state index in [1.807, 2.05) is 17.5 Å². The third-order valence-electron chi connectivity index (χ3n) is 9.37. The number of hydrogen-bond donors (Lipinski definition) is 0. The predicted molar refractivity (Wildman–Crippen MR) is 208 cm³/mol. The first-order chi connectivity index (χ1) is 22.5. The van der Waals surface area contributed by atoms with Crippen molar-refractivity contribution in [2.45, 2.75) is 79.3 Å². The van der Waals surface area contributed by atoms with Crippen LogP contribution in [0, 0.1) is 26.0 Å². The van der Waals surface area contributed by atoms with Crippen molar-refractivity contribution < 1.29 is 21.1 Å². The monoisotopic (exact) mass is 861 g/mol. The summed E-state index contributed by atoms with van der Waals surface area (Å²) in [5, 5.41) is 1.42. The molecule has 0 aliphatic heterocycles. The fourth-order valence-corrected chi connectivity index (χ4v) is 11.3. The first-order valence-electron chi connectivity index (χ1n) is 16.7. The number of benzene rings is 3. The third kappa shape index (κ3) is 7.38. The molecule has 49 heavy (non-hydrogen) atoms. The van der Waals surface area contributed by atoms with Crippen molar-refractivity contribution in [1.29, 1.82) is 0 Å². The van der Waals surface area contributed by atoms with E-state index in [2.05, 4.69) is 159 Å². The van der Waals surface area contributed by atoms with Gasteiger partial charge in [0.1, 0.15) is 14.4 Å². The summed E-state index contributed by atoms with van der Waals surface area (Å²) in [6.45, 7) is 22.7. The molecule has 6 aromatic rings. The minimum absolute atomic E-state index is 0. The molecule has 0 unspecified atom stereocenters. The second kappa shape index (κ2) is 13.7. The van der Waals surface area contributed by atoms with Gasteiger partial charge in [-0.3, -0.25) is 4.98 Å². The van der Waals surface area contributed by atoms with Crippen LogP contribution in [-0.4, -0.2) is 30.1 Å². The molecule has 4 nitrogen and oxygen atoms in total. The molecular formula is C42H46N4PtSSi. The molecule has 254 valence electrons. The average molecular weight is 862 g/mol. The number of nitrogens with zero attached hydrogens (tertiary/aromatic N) is 4. The maximum Gasteiger partial charge on any atom is 2.00 e. The van der Waals surface area contributed by atoms with E-state index in [0.717, 1.165) is 49.7 Å². The van der Waals surface area contributed by atoms with E-state index >= 15 is 0 Å². The zero-order valence-corrected chi connectivity index (χ0v) is 34.6. The Bertz CT molecular complexity index is 2120. The number of anilines is 2. The second-order valence-electron chi connectivity index (χ2n) is 15.6. The van der Waals surface area contributed by atoms with Crippen molar-refractivity contribution in [3.05, 3.63) is 114 Å². The molecule has 0 atom stereocenters. The van der Waals surface area contributed by atoms with Gasteiger partial charge in [-0.25, -0.2) is 4.98 Å². The van der Waals surface area contributed by atoms with E-state index in [9.17, 15) is 0 Å². The summed E-state index contributed by atoms with van der Waals surface area (Å²) in [5.41, 5.74) is 11.7. The van der Waals surface area contributed by atoms with Gasteiger partial charge in [-0.05, 0) is 52.0 Å². The van der Waals surface area contributed by atoms with E-state index in [0.29, 0.717) is 0 Å². The largest absolute Gasteiger partial charge is 2.00 e. The van der Waals surface area contributed by atoms with Gasteiger partial charge in [0, 0.05) is 28.1 Å². The van der Waals surface area contributed by atoms with Gasteiger partial charge in [-0.1, -0.05) is 103 Å². The standard InChI is InChI=1S/C42H46N4SSi.Pt/c1-27-19-29(36-25-31(17-18-43-36)41(3,4)5)22-33(20-27)46(9)34-23-30(21-32(24-34)42(6,7)8)38-39-37(44-26-45-38)28(2)40(47-39)48(10,11)35-15-13-12-14-16-35;/h12-21,24-26H,1-11H3;/q-2;+2. The van der Waals surface area contributed by atoms with Gasteiger partial charge in [0.15, 0.2) is 0 Å². The molecule has 0 saturated heterocycles. The van der Waals surface area contributed by atoms with Gasteiger partial charge in [0.2, 0.25) is 0 Å². The van der Waals surface area contributed by atoms with Crippen molar-refractivity contribution in [3.8, 4) is 22.5 Å². The molecule has 0 saturated carbocycles. The minimum atomic E-state index is -1.95. The summed E-state index contributed by atoms with van der Waals surface area (Å²) in [6, 6.07) is 31.6. The fraction of sp³-hybridized carbons (Fsp3) is 0.310. The number of hydrogen-bond acceptors (Lipinski definition) is 5. The van der Waals surface area contributed by atoms with Crippen molar-refractivity contribution in [2.75, 3.05) is 11.9 Å². The van der Waals surface area contributed by atoms with Crippen LogP contribution in [0.25, 0.3) is 32.7 Å². The molecule has 0 bridgehead atoms. The van der Waals surface area contributed by atoms with Crippen molar-refractivity contribution in [2.24, 2.45) is 0 Å². The van der Waals surface area contributed by atoms with Crippen molar-refractivity contribution in [3.63, 3.8) is 0 Å². The van der Waals surface area contributed by atoms with Crippen LogP contribution in [0.15, 0.2) is 79.3 Å². The summed E-state index contributed by atoms with van der Waals surface area (Å²) in [6.07, 6.45) is 3.63. The maximum absolute atomic E-state index is 4.93. The molecular weight excluding hydrogens is 816 g/mol. The van der Waals surface area contributed by atoms with Crippen LogP contribution in [0.1, 0.15) is 63.8 Å². The van der Waals surface area contributed by atoms with Crippen LogP contribution in [-0.2, 0) is 31.9 Å². The molecule has 0 amide bonds. The maximum atomic E-state index is 4.93. The predicted octanol–water partition coefficient (Wildman–Crippen LogP) is 9.82. The second-order valence-corrected chi connectivity index (χ2v) is 21.3. The third-order valence-corrected chi connectivity index (χ3v) is 15.6. The van der Waals surface area contributed by atoms with Gasteiger partial charge in [0.05, 0.1) is 5.52 Å². The molecule has 0 spiro atoms. The quantitative estimate of drug-likeness (QED) is 0.124. The Hall–Kier alpha value is -3.44. The molecule has 3 heterocycles. The number of rotatable bonds is 6. The molecule has 6 rings (SSSR count). The summed E-state index contributed by atoms with van der Waals surface area (Å²) in [5.74, 6) is 0. The van der Waals surface area contributed by atoms with Gasteiger partial charge < -0.3 is 9.88 Å². The number of aromatic nitrogens is 3. The summed E-state index contributed by atoms with van der Waals surface area (Å²) >= 11 is 1.87. The molecule has 0 aliphatic carbocycles. The molecule has 0 N–H and O–H groups in total. The number of fused-ring (bicyclic) bond motifs is 1. The molecule has 0 radical (unpaired) electrons. The summed E-state index contributed by atoms with van der Waals surface area (Å²) in [4.78, 5) is 16.7. The Morgan fingerprint density at radius 1 is 0.735 bits per heavy atom. The zero-order chi connectivity index (χ0) is 34.6. The average Bonchev–Trinajstić information content (AvgIpc) is 3.40. The fourth-order valence-electron chi connectivity index (χ4n) is 6.28. The first-order valence-corrected chi connectivity index (χ1v) is 20.5. The summed E-state index contributed by atoms with van der Waals surface area (Å²) < 4.78 is 2.58. The van der Waals surface area contributed by atoms with Gasteiger partial charge in [0.25, 0.3) is 0 Å². The smallest absolute Gasteiger partial charge is 0.379 e. The summed E-state index contributed by atoms with van der Waals surface area (Å²) in [7, 11) is 0.153. The molecule has 3 aromatic heterocycles. The van der Waals surface area contributed by atoms with Gasteiger partial charge >= 0.3 is 21.1 Å². The Morgan fingerprint density at radius 2 is 1.39 bits per heavy atom. The Labute approximate surface area is 312 Å². The van der Waals surface area contributed by atoms with Crippen molar-refractivity contribution in [1.82, 2.24) is 15.0 Å². The molecule has 0 fully saturated rings. The zero-order valence-electron chi connectivity index (χ0n) is 30.5. The van der Waals surface area contributed by atoms with E-state index in [-0.39, 0.29) is 31.9 Å². The van der Waals surface area contributed by atoms with Crippen molar-refractivity contribution >= 4 is 50.7 Å². The topological polar surface area (TPSA) is 41.9 Å². The number of aryl methyl sites for hydroxylation is 2. The van der Waals surface area contributed by atoms with Crippen LogP contribution in [0.5, 0.6) is 0 Å². The molecule has 3 aromatic carbocycles. The Morgan fingerprint density at radius 3 is 2.06 bits per heavy atom. The molecule has 0 aliphatic rings. The van der Waals surface area contributed by atoms with E-state index in [4.69, 9.17) is 15.0 Å². The Kier molecular flexibility index (Phi) is 10.3. The Balaban J connectivity index is 0.00000468. The van der Waals surface area contributed by atoms with E-state index < -0.39 is 8.07 Å². The van der Waals surface area contributed by atoms with Crippen LogP contribution >= 0.6 is 11.3 Å². The van der Waals surface area contributed by atoms with Gasteiger partial charge in [-0.15, -0.1) is 58.7 Å². The SMILES string of the molecule is Cc1cc(-c2cc(C(C)(C)C)ccn2)[c-]c(N(C)c2[c-]c(-c3ncnc4c(C)c([Si](C)(C)c5ccccc5)sc34)cc(C(C)(C)C)c2)c1.[Pt+2]. The van der Waals surface area contributed by atoms with E-state index in [1.54, 1.807) is 6.33 Å². The van der Waals surface area contributed by atoms with Gasteiger partial charge in [-0.2, -0.15) is 11.3 Å². The van der Waals surface area contributed by atoms with Crippen LogP contribution in [0.3, 0.4) is 0 Å². The van der Waals surface area contributed by atoms with Crippen LogP contribution < -0.4 is 14.6 Å².